The van der Waals surface area contributed by atoms with Crippen molar-refractivity contribution < 1.29 is 9.50 Å². The average Bonchev–Trinajstić information content (AvgIpc) is 2.46. The summed E-state index contributed by atoms with van der Waals surface area (Å²) in [6.07, 6.45) is 3.17. The van der Waals surface area contributed by atoms with Gasteiger partial charge < -0.3 is 10.0 Å². The Bertz CT molecular complexity index is 506. The van der Waals surface area contributed by atoms with Crippen molar-refractivity contribution in [1.82, 2.24) is 4.90 Å². The Kier molecular flexibility index (Phi) is 4.18. The van der Waals surface area contributed by atoms with Gasteiger partial charge in [-0.3, -0.25) is 4.90 Å². The topological polar surface area (TPSA) is 26.7 Å². The van der Waals surface area contributed by atoms with Gasteiger partial charge in [0.1, 0.15) is 5.82 Å². The van der Waals surface area contributed by atoms with Crippen LogP contribution in [0.2, 0.25) is 0 Å². The lowest BCUT2D eigenvalue weighted by molar-refractivity contribution is 0.115. The molecule has 1 aromatic rings. The van der Waals surface area contributed by atoms with Crippen LogP contribution in [0.5, 0.6) is 0 Å². The first-order chi connectivity index (χ1) is 10.1. The normalized spacial score (nSPS) is 28.3. The maximum absolute atomic E-state index is 14.4. The number of piperidine rings is 1. The highest BCUT2D eigenvalue weighted by Gasteiger charge is 2.33. The molecule has 2 aliphatic heterocycles. The fourth-order valence-corrected chi connectivity index (χ4v) is 3.70. The molecular formula is C17H25FN2O. The molecule has 0 saturated carbocycles. The van der Waals surface area contributed by atoms with Crippen LogP contribution in [-0.2, 0) is 0 Å². The van der Waals surface area contributed by atoms with Gasteiger partial charge in [-0.15, -0.1) is 0 Å². The molecule has 2 saturated heterocycles. The molecule has 21 heavy (non-hydrogen) atoms. The molecule has 2 aliphatic rings. The first-order valence-corrected chi connectivity index (χ1v) is 8.04. The van der Waals surface area contributed by atoms with Gasteiger partial charge in [-0.2, -0.15) is 0 Å². The monoisotopic (exact) mass is 292 g/mol. The van der Waals surface area contributed by atoms with Crippen molar-refractivity contribution in [2.45, 2.75) is 51.3 Å². The van der Waals surface area contributed by atoms with Gasteiger partial charge in [-0.25, -0.2) is 4.39 Å². The lowest BCUT2D eigenvalue weighted by Gasteiger charge is -2.48. The molecule has 2 unspecified atom stereocenters. The molecule has 0 aliphatic carbocycles. The molecule has 3 atom stereocenters. The first kappa shape index (κ1) is 14.8. The number of hydrogen-bond donors (Lipinski definition) is 1. The van der Waals surface area contributed by atoms with Crippen molar-refractivity contribution in [1.29, 1.82) is 0 Å². The van der Waals surface area contributed by atoms with Gasteiger partial charge in [0.2, 0.25) is 0 Å². The Hall–Kier alpha value is -1.13. The summed E-state index contributed by atoms with van der Waals surface area (Å²) in [5.41, 5.74) is 1.32. The van der Waals surface area contributed by atoms with Gasteiger partial charge >= 0.3 is 0 Å². The molecular weight excluding hydrogens is 267 g/mol. The number of halogens is 1. The second kappa shape index (κ2) is 5.93. The number of benzene rings is 1. The highest BCUT2D eigenvalue weighted by molar-refractivity contribution is 5.51. The third-order valence-electron chi connectivity index (χ3n) is 4.95. The summed E-state index contributed by atoms with van der Waals surface area (Å²) < 4.78 is 14.4. The van der Waals surface area contributed by atoms with E-state index in [0.717, 1.165) is 13.1 Å². The minimum absolute atomic E-state index is 0.218. The summed E-state index contributed by atoms with van der Waals surface area (Å²) in [6.45, 7) is 6.95. The molecule has 3 nitrogen and oxygen atoms in total. The second-order valence-electron chi connectivity index (χ2n) is 6.53. The molecule has 0 spiro atoms. The predicted molar refractivity (Wildman–Crippen MR) is 83.1 cm³/mol. The summed E-state index contributed by atoms with van der Waals surface area (Å²) in [4.78, 5) is 4.76. The van der Waals surface area contributed by atoms with E-state index in [1.807, 2.05) is 12.1 Å². The van der Waals surface area contributed by atoms with Crippen LogP contribution in [0.3, 0.4) is 0 Å². The van der Waals surface area contributed by atoms with Crippen LogP contribution in [0.1, 0.15) is 44.8 Å². The summed E-state index contributed by atoms with van der Waals surface area (Å²) in [5, 5.41) is 9.57. The molecule has 1 aromatic carbocycles. The van der Waals surface area contributed by atoms with Crippen LogP contribution in [0, 0.1) is 5.82 Å². The van der Waals surface area contributed by atoms with E-state index in [1.165, 1.54) is 31.9 Å². The maximum atomic E-state index is 14.4. The van der Waals surface area contributed by atoms with E-state index in [2.05, 4.69) is 16.7 Å². The molecule has 3 rings (SSSR count). The standard InChI is InChI=1S/C17H25FN2O/c1-12-10-19-8-4-3-5-15(19)11-20(12)17-7-6-14(13(2)21)9-16(17)18/h6-7,9,12-13,15,21H,3-5,8,10-11H2,1-2H3/t12?,13-,15?/m1/s1. The lowest BCUT2D eigenvalue weighted by Crippen LogP contribution is -2.59. The summed E-state index contributed by atoms with van der Waals surface area (Å²) in [7, 11) is 0. The molecule has 116 valence electrons. The van der Waals surface area contributed by atoms with Gasteiger partial charge in [0.25, 0.3) is 0 Å². The van der Waals surface area contributed by atoms with Crippen LogP contribution in [0.15, 0.2) is 18.2 Å². The number of rotatable bonds is 2. The van der Waals surface area contributed by atoms with Crippen molar-refractivity contribution in [3.63, 3.8) is 0 Å². The third-order valence-corrected chi connectivity index (χ3v) is 4.95. The summed E-state index contributed by atoms with van der Waals surface area (Å²) in [5.74, 6) is -0.218. The smallest absolute Gasteiger partial charge is 0.146 e. The predicted octanol–water partition coefficient (Wildman–Crippen LogP) is 2.94. The number of nitrogens with zero attached hydrogens (tertiary/aromatic N) is 2. The molecule has 2 heterocycles. The van der Waals surface area contributed by atoms with Gasteiger partial charge in [-0.1, -0.05) is 12.5 Å². The third kappa shape index (κ3) is 2.92. The van der Waals surface area contributed by atoms with E-state index >= 15 is 0 Å². The lowest BCUT2D eigenvalue weighted by atomic mass is 9.96. The van der Waals surface area contributed by atoms with Crippen molar-refractivity contribution in [3.05, 3.63) is 29.6 Å². The maximum Gasteiger partial charge on any atom is 0.146 e. The Labute approximate surface area is 126 Å². The largest absolute Gasteiger partial charge is 0.389 e. The molecule has 0 amide bonds. The average molecular weight is 292 g/mol. The van der Waals surface area contributed by atoms with Crippen molar-refractivity contribution in [3.8, 4) is 0 Å². The van der Waals surface area contributed by atoms with Crippen LogP contribution in [-0.4, -0.2) is 41.7 Å². The minimum atomic E-state index is -0.624. The SMILES string of the molecule is CC1CN2CCCCC2CN1c1ccc([C@@H](C)O)cc1F. The second-order valence-corrected chi connectivity index (χ2v) is 6.53. The molecule has 0 radical (unpaired) electrons. The van der Waals surface area contributed by atoms with E-state index in [9.17, 15) is 9.50 Å². The zero-order valence-corrected chi connectivity index (χ0v) is 12.9. The van der Waals surface area contributed by atoms with E-state index in [1.54, 1.807) is 6.92 Å². The van der Waals surface area contributed by atoms with E-state index < -0.39 is 6.10 Å². The van der Waals surface area contributed by atoms with Crippen LogP contribution in [0.4, 0.5) is 10.1 Å². The fraction of sp³-hybridized carbons (Fsp3) is 0.647. The van der Waals surface area contributed by atoms with Crippen molar-refractivity contribution >= 4 is 5.69 Å². The van der Waals surface area contributed by atoms with Crippen molar-refractivity contribution in [2.24, 2.45) is 0 Å². The first-order valence-electron chi connectivity index (χ1n) is 8.04. The fourth-order valence-electron chi connectivity index (χ4n) is 3.70. The van der Waals surface area contributed by atoms with Crippen LogP contribution in [0.25, 0.3) is 0 Å². The number of piperazine rings is 1. The number of hydrogen-bond acceptors (Lipinski definition) is 3. The summed E-state index contributed by atoms with van der Waals surface area (Å²) >= 11 is 0. The van der Waals surface area contributed by atoms with Gasteiger partial charge in [0.15, 0.2) is 0 Å². The van der Waals surface area contributed by atoms with E-state index in [-0.39, 0.29) is 5.82 Å². The number of aliphatic hydroxyl groups is 1. The highest BCUT2D eigenvalue weighted by Crippen LogP contribution is 2.30. The highest BCUT2D eigenvalue weighted by atomic mass is 19.1. The van der Waals surface area contributed by atoms with E-state index in [0.29, 0.717) is 23.3 Å². The van der Waals surface area contributed by atoms with Crippen LogP contribution < -0.4 is 4.90 Å². The van der Waals surface area contributed by atoms with Gasteiger partial charge in [-0.05, 0) is 50.9 Å². The Morgan fingerprint density at radius 1 is 1.29 bits per heavy atom. The molecule has 0 bridgehead atoms. The van der Waals surface area contributed by atoms with E-state index in [4.69, 9.17) is 0 Å². The number of aliphatic hydroxyl groups excluding tert-OH is 1. The Morgan fingerprint density at radius 3 is 2.81 bits per heavy atom. The Balaban J connectivity index is 1.82. The van der Waals surface area contributed by atoms with Crippen molar-refractivity contribution in [2.75, 3.05) is 24.5 Å². The molecule has 2 fully saturated rings. The minimum Gasteiger partial charge on any atom is -0.389 e. The number of fused-ring (bicyclic) bond motifs is 1. The summed E-state index contributed by atoms with van der Waals surface area (Å²) in [6, 6.07) is 6.02. The number of anilines is 1. The Morgan fingerprint density at radius 2 is 2.10 bits per heavy atom. The molecule has 1 N–H and O–H groups in total. The molecule has 0 aromatic heterocycles. The van der Waals surface area contributed by atoms with Gasteiger partial charge in [0, 0.05) is 25.2 Å². The molecule has 4 heteroatoms. The van der Waals surface area contributed by atoms with Gasteiger partial charge in [0.05, 0.1) is 11.8 Å². The zero-order valence-electron chi connectivity index (χ0n) is 12.9. The zero-order chi connectivity index (χ0) is 15.0. The quantitative estimate of drug-likeness (QED) is 0.908. The van der Waals surface area contributed by atoms with Crippen LogP contribution >= 0.6 is 0 Å².